The highest BCUT2D eigenvalue weighted by molar-refractivity contribution is 6.06. The zero-order chi connectivity index (χ0) is 13.7. The molecule has 2 rings (SSSR count). The molecular weight excluding hydrogens is 240 g/mol. The third-order valence-electron chi connectivity index (χ3n) is 2.81. The Hall–Kier alpha value is -2.27. The molecule has 0 atom stereocenters. The van der Waals surface area contributed by atoms with Crippen LogP contribution in [0, 0.1) is 0 Å². The topological polar surface area (TPSA) is 72.1 Å². The second-order valence-corrected chi connectivity index (χ2v) is 3.99. The van der Waals surface area contributed by atoms with Gasteiger partial charge in [0.05, 0.1) is 5.69 Å². The van der Waals surface area contributed by atoms with Gasteiger partial charge in [-0.3, -0.25) is 14.8 Å². The molecule has 98 valence electrons. The van der Waals surface area contributed by atoms with Gasteiger partial charge in [-0.15, -0.1) is 0 Å². The summed E-state index contributed by atoms with van der Waals surface area (Å²) in [6.07, 6.45) is 4.95. The Morgan fingerprint density at radius 2 is 2.00 bits per heavy atom. The molecule has 0 saturated heterocycles. The lowest BCUT2D eigenvalue weighted by Gasteiger charge is -2.21. The maximum atomic E-state index is 12.5. The van der Waals surface area contributed by atoms with Crippen LogP contribution < -0.4 is 10.6 Å². The van der Waals surface area contributed by atoms with Gasteiger partial charge in [0.25, 0.3) is 5.91 Å². The normalized spacial score (nSPS) is 10.2. The van der Waals surface area contributed by atoms with Crippen molar-refractivity contribution in [2.45, 2.75) is 13.5 Å². The van der Waals surface area contributed by atoms with Crippen LogP contribution >= 0.6 is 0 Å². The Morgan fingerprint density at radius 3 is 2.63 bits per heavy atom. The van der Waals surface area contributed by atoms with Gasteiger partial charge in [0.2, 0.25) is 0 Å². The van der Waals surface area contributed by atoms with Crippen molar-refractivity contribution in [2.75, 3.05) is 11.4 Å². The maximum Gasteiger partial charge on any atom is 0.258 e. The van der Waals surface area contributed by atoms with Gasteiger partial charge in [-0.1, -0.05) is 0 Å². The molecule has 0 unspecified atom stereocenters. The van der Waals surface area contributed by atoms with E-state index in [-0.39, 0.29) is 5.91 Å². The average molecular weight is 256 g/mol. The second-order valence-electron chi connectivity index (χ2n) is 3.99. The molecule has 0 spiro atoms. The van der Waals surface area contributed by atoms with Crippen LogP contribution in [-0.4, -0.2) is 22.4 Å². The molecule has 2 aromatic rings. The molecule has 0 aliphatic carbocycles. The molecule has 2 heterocycles. The summed E-state index contributed by atoms with van der Waals surface area (Å²) < 4.78 is 0. The van der Waals surface area contributed by atoms with Crippen LogP contribution in [0.2, 0.25) is 0 Å². The zero-order valence-corrected chi connectivity index (χ0v) is 10.8. The summed E-state index contributed by atoms with van der Waals surface area (Å²) in [4.78, 5) is 22.2. The molecule has 0 fully saturated rings. The highest BCUT2D eigenvalue weighted by atomic mass is 16.2. The van der Waals surface area contributed by atoms with E-state index in [4.69, 9.17) is 5.73 Å². The van der Waals surface area contributed by atoms with Gasteiger partial charge >= 0.3 is 0 Å². The van der Waals surface area contributed by atoms with Crippen molar-refractivity contribution in [3.05, 3.63) is 54.1 Å². The largest absolute Gasteiger partial charge is 0.325 e. The Balaban J connectivity index is 2.30. The molecule has 0 saturated carbocycles. The lowest BCUT2D eigenvalue weighted by atomic mass is 10.2. The van der Waals surface area contributed by atoms with E-state index in [0.717, 1.165) is 5.69 Å². The van der Waals surface area contributed by atoms with Gasteiger partial charge in [0.15, 0.2) is 0 Å². The first-order valence-electron chi connectivity index (χ1n) is 6.13. The van der Waals surface area contributed by atoms with Crippen molar-refractivity contribution in [2.24, 2.45) is 5.73 Å². The van der Waals surface area contributed by atoms with Crippen LogP contribution in [0.1, 0.15) is 23.0 Å². The summed E-state index contributed by atoms with van der Waals surface area (Å²) in [5.41, 5.74) is 7.67. The molecule has 0 aliphatic rings. The molecule has 19 heavy (non-hydrogen) atoms. The van der Waals surface area contributed by atoms with Crippen LogP contribution in [0.5, 0.6) is 0 Å². The molecule has 2 aromatic heterocycles. The van der Waals surface area contributed by atoms with Gasteiger partial charge in [-0.2, -0.15) is 0 Å². The van der Waals surface area contributed by atoms with Crippen molar-refractivity contribution in [3.63, 3.8) is 0 Å². The summed E-state index contributed by atoms with van der Waals surface area (Å²) in [6.45, 7) is 2.84. The highest BCUT2D eigenvalue weighted by Gasteiger charge is 2.16. The van der Waals surface area contributed by atoms with E-state index in [9.17, 15) is 4.79 Å². The number of rotatable bonds is 4. The van der Waals surface area contributed by atoms with E-state index in [1.807, 2.05) is 19.1 Å². The van der Waals surface area contributed by atoms with E-state index in [2.05, 4.69) is 9.97 Å². The molecule has 5 heteroatoms. The molecule has 0 radical (unpaired) electrons. The predicted octanol–water partition coefficient (Wildman–Crippen LogP) is 1.60. The Kier molecular flexibility index (Phi) is 4.20. The van der Waals surface area contributed by atoms with Crippen molar-refractivity contribution in [1.29, 1.82) is 0 Å². The van der Waals surface area contributed by atoms with E-state index >= 15 is 0 Å². The minimum absolute atomic E-state index is 0.0641. The van der Waals surface area contributed by atoms with Crippen LogP contribution in [0.25, 0.3) is 0 Å². The monoisotopic (exact) mass is 256 g/mol. The zero-order valence-electron chi connectivity index (χ0n) is 10.8. The maximum absolute atomic E-state index is 12.5. The first-order valence-corrected chi connectivity index (χ1v) is 6.13. The molecule has 1 amide bonds. The SMILES string of the molecule is CCN(C(=O)c1ccnc(CN)c1)c1ccncc1. The summed E-state index contributed by atoms with van der Waals surface area (Å²) in [5.74, 6) is -0.0641. The number of nitrogens with two attached hydrogens (primary N) is 1. The number of anilines is 1. The number of aromatic nitrogens is 2. The Bertz CT molecular complexity index is 556. The van der Waals surface area contributed by atoms with Crippen LogP contribution in [0.15, 0.2) is 42.9 Å². The van der Waals surface area contributed by atoms with E-state index in [0.29, 0.717) is 24.3 Å². The second kappa shape index (κ2) is 6.06. The number of carbonyl (C=O) groups is 1. The third-order valence-corrected chi connectivity index (χ3v) is 2.81. The number of hydrogen-bond acceptors (Lipinski definition) is 4. The molecule has 0 bridgehead atoms. The first kappa shape index (κ1) is 13.2. The lowest BCUT2D eigenvalue weighted by molar-refractivity contribution is 0.0988. The quantitative estimate of drug-likeness (QED) is 0.902. The van der Waals surface area contributed by atoms with Gasteiger partial charge in [-0.05, 0) is 31.2 Å². The van der Waals surface area contributed by atoms with Crippen molar-refractivity contribution < 1.29 is 4.79 Å². The first-order chi connectivity index (χ1) is 9.26. The molecule has 0 aliphatic heterocycles. The minimum Gasteiger partial charge on any atom is -0.325 e. The van der Waals surface area contributed by atoms with Crippen molar-refractivity contribution in [3.8, 4) is 0 Å². The van der Waals surface area contributed by atoms with E-state index < -0.39 is 0 Å². The van der Waals surface area contributed by atoms with Crippen molar-refractivity contribution in [1.82, 2.24) is 9.97 Å². The number of amides is 1. The fraction of sp³-hybridized carbons (Fsp3) is 0.214. The summed E-state index contributed by atoms with van der Waals surface area (Å²) in [5, 5.41) is 0. The summed E-state index contributed by atoms with van der Waals surface area (Å²) in [6, 6.07) is 7.05. The Labute approximate surface area is 112 Å². The lowest BCUT2D eigenvalue weighted by Crippen LogP contribution is -2.30. The number of hydrogen-bond donors (Lipinski definition) is 1. The minimum atomic E-state index is -0.0641. The van der Waals surface area contributed by atoms with Gasteiger partial charge in [-0.25, -0.2) is 0 Å². The Morgan fingerprint density at radius 1 is 1.26 bits per heavy atom. The average Bonchev–Trinajstić information content (AvgIpc) is 2.49. The van der Waals surface area contributed by atoms with Crippen LogP contribution in [-0.2, 0) is 6.54 Å². The highest BCUT2D eigenvalue weighted by Crippen LogP contribution is 2.16. The van der Waals surface area contributed by atoms with E-state index in [1.54, 1.807) is 35.6 Å². The van der Waals surface area contributed by atoms with Gasteiger partial charge < -0.3 is 10.6 Å². The summed E-state index contributed by atoms with van der Waals surface area (Å²) in [7, 11) is 0. The van der Waals surface area contributed by atoms with Crippen LogP contribution in [0.4, 0.5) is 5.69 Å². The third kappa shape index (κ3) is 2.95. The smallest absolute Gasteiger partial charge is 0.258 e. The predicted molar refractivity (Wildman–Crippen MR) is 73.7 cm³/mol. The fourth-order valence-corrected chi connectivity index (χ4v) is 1.85. The standard InChI is InChI=1S/C14H16N4O/c1-2-18(13-4-6-16-7-5-13)14(19)11-3-8-17-12(9-11)10-15/h3-9H,2,10,15H2,1H3. The van der Waals surface area contributed by atoms with Crippen LogP contribution in [0.3, 0.4) is 0 Å². The number of carbonyl (C=O) groups excluding carboxylic acids is 1. The van der Waals surface area contributed by atoms with Gasteiger partial charge in [0, 0.05) is 42.9 Å². The summed E-state index contributed by atoms with van der Waals surface area (Å²) >= 11 is 0. The number of nitrogens with zero attached hydrogens (tertiary/aromatic N) is 3. The molecule has 2 N–H and O–H groups in total. The van der Waals surface area contributed by atoms with Crippen molar-refractivity contribution >= 4 is 11.6 Å². The fourth-order valence-electron chi connectivity index (χ4n) is 1.85. The molecule has 5 nitrogen and oxygen atoms in total. The van der Waals surface area contributed by atoms with E-state index in [1.165, 1.54) is 0 Å². The molecular formula is C14H16N4O. The molecule has 0 aromatic carbocycles. The number of pyridine rings is 2. The van der Waals surface area contributed by atoms with Gasteiger partial charge in [0.1, 0.15) is 0 Å².